The molecule has 2 nitrogen and oxygen atoms in total. The van der Waals surface area contributed by atoms with E-state index in [0.717, 1.165) is 23.3 Å². The first kappa shape index (κ1) is 14.6. The number of nitrogens with one attached hydrogen (secondary N) is 1. The second-order valence-electron chi connectivity index (χ2n) is 4.32. The molecule has 0 atom stereocenters. The highest BCUT2D eigenvalue weighted by atomic mass is 79.9. The van der Waals surface area contributed by atoms with Gasteiger partial charge in [-0.1, -0.05) is 25.1 Å². The van der Waals surface area contributed by atoms with Gasteiger partial charge in [0, 0.05) is 16.6 Å². The lowest BCUT2D eigenvalue weighted by atomic mass is 10.1. The molecule has 102 valence electrons. The fraction of sp³-hybridized carbons (Fsp3) is 0.333. The van der Waals surface area contributed by atoms with E-state index in [1.165, 1.54) is 16.0 Å². The van der Waals surface area contributed by atoms with E-state index in [1.807, 2.05) is 0 Å². The molecule has 1 heterocycles. The van der Waals surface area contributed by atoms with E-state index in [0.29, 0.717) is 6.61 Å². The monoisotopic (exact) mass is 339 g/mol. The van der Waals surface area contributed by atoms with Crippen LogP contribution in [0.4, 0.5) is 0 Å². The van der Waals surface area contributed by atoms with Gasteiger partial charge in [0.1, 0.15) is 12.4 Å². The number of halogens is 1. The summed E-state index contributed by atoms with van der Waals surface area (Å²) in [6.07, 6.45) is 0. The Morgan fingerprint density at radius 1 is 1.32 bits per heavy atom. The van der Waals surface area contributed by atoms with E-state index in [2.05, 4.69) is 64.7 Å². The largest absolute Gasteiger partial charge is 0.487 e. The Hall–Kier alpha value is -0.840. The third-order valence-corrected chi connectivity index (χ3v) is 4.80. The van der Waals surface area contributed by atoms with Gasteiger partial charge in [-0.15, -0.1) is 11.3 Å². The maximum atomic E-state index is 6.03. The number of thiophene rings is 1. The van der Waals surface area contributed by atoms with Crippen LogP contribution in [-0.2, 0) is 13.2 Å². The Morgan fingerprint density at radius 3 is 2.84 bits per heavy atom. The van der Waals surface area contributed by atoms with Gasteiger partial charge in [0.15, 0.2) is 0 Å². The fourth-order valence-electron chi connectivity index (χ4n) is 1.88. The molecule has 1 N–H and O–H groups in total. The molecule has 0 saturated carbocycles. The molecule has 0 radical (unpaired) electrons. The van der Waals surface area contributed by atoms with E-state index in [1.54, 1.807) is 11.3 Å². The molecule has 0 aliphatic heterocycles. The Balaban J connectivity index is 2.12. The van der Waals surface area contributed by atoms with Gasteiger partial charge in [-0.2, -0.15) is 0 Å². The highest BCUT2D eigenvalue weighted by Crippen LogP contribution is 2.28. The molecule has 0 saturated heterocycles. The van der Waals surface area contributed by atoms with Crippen molar-refractivity contribution in [1.29, 1.82) is 0 Å². The van der Waals surface area contributed by atoms with Crippen LogP contribution in [0.15, 0.2) is 34.1 Å². The second-order valence-corrected chi connectivity index (χ2v) is 6.18. The molecule has 4 heteroatoms. The standard InChI is InChI=1S/C15H18BrNOS/c1-3-17-9-12-6-4-5-11(2)15(12)18-10-14-13(16)7-8-19-14/h4-8,17H,3,9-10H2,1-2H3. The van der Waals surface area contributed by atoms with Crippen molar-refractivity contribution in [2.24, 2.45) is 0 Å². The summed E-state index contributed by atoms with van der Waals surface area (Å²) < 4.78 is 7.15. The topological polar surface area (TPSA) is 21.3 Å². The van der Waals surface area contributed by atoms with Crippen LogP contribution in [0.5, 0.6) is 5.75 Å². The second kappa shape index (κ2) is 7.08. The Labute approximate surface area is 126 Å². The van der Waals surface area contributed by atoms with Crippen LogP contribution >= 0.6 is 27.3 Å². The van der Waals surface area contributed by atoms with Crippen LogP contribution in [0.3, 0.4) is 0 Å². The summed E-state index contributed by atoms with van der Waals surface area (Å²) in [7, 11) is 0. The average Bonchev–Trinajstić information content (AvgIpc) is 2.81. The van der Waals surface area contributed by atoms with Gasteiger partial charge < -0.3 is 10.1 Å². The minimum absolute atomic E-state index is 0.613. The average molecular weight is 340 g/mol. The summed E-state index contributed by atoms with van der Waals surface area (Å²) in [5.74, 6) is 1.00. The van der Waals surface area contributed by atoms with Gasteiger partial charge in [-0.05, 0) is 46.4 Å². The number of hydrogen-bond donors (Lipinski definition) is 1. The molecule has 0 amide bonds. The number of hydrogen-bond acceptors (Lipinski definition) is 3. The van der Waals surface area contributed by atoms with Crippen LogP contribution in [0, 0.1) is 6.92 Å². The lowest BCUT2D eigenvalue weighted by Gasteiger charge is -2.14. The zero-order valence-corrected chi connectivity index (χ0v) is 13.6. The summed E-state index contributed by atoms with van der Waals surface area (Å²) in [5.41, 5.74) is 2.40. The number of aryl methyl sites for hydroxylation is 1. The van der Waals surface area contributed by atoms with E-state index >= 15 is 0 Å². The van der Waals surface area contributed by atoms with E-state index in [4.69, 9.17) is 4.74 Å². The van der Waals surface area contributed by atoms with Gasteiger partial charge in [-0.3, -0.25) is 0 Å². The van der Waals surface area contributed by atoms with Gasteiger partial charge in [0.25, 0.3) is 0 Å². The van der Waals surface area contributed by atoms with Crippen LogP contribution in [0.2, 0.25) is 0 Å². The molecule has 1 aromatic carbocycles. The Morgan fingerprint density at radius 2 is 2.16 bits per heavy atom. The summed E-state index contributed by atoms with van der Waals surface area (Å²) in [4.78, 5) is 1.22. The molecule has 2 aromatic rings. The fourth-order valence-corrected chi connectivity index (χ4v) is 3.26. The van der Waals surface area contributed by atoms with Crippen molar-refractivity contribution in [3.63, 3.8) is 0 Å². The molecule has 0 aliphatic rings. The number of para-hydroxylation sites is 1. The van der Waals surface area contributed by atoms with Crippen LogP contribution in [-0.4, -0.2) is 6.54 Å². The molecule has 0 fully saturated rings. The molecular formula is C15H18BrNOS. The van der Waals surface area contributed by atoms with Gasteiger partial charge in [0.05, 0.1) is 4.88 Å². The van der Waals surface area contributed by atoms with Crippen molar-refractivity contribution < 1.29 is 4.74 Å². The lowest BCUT2D eigenvalue weighted by Crippen LogP contribution is -2.13. The highest BCUT2D eigenvalue weighted by Gasteiger charge is 2.08. The minimum Gasteiger partial charge on any atom is -0.487 e. The van der Waals surface area contributed by atoms with Crippen molar-refractivity contribution in [1.82, 2.24) is 5.32 Å². The van der Waals surface area contributed by atoms with E-state index in [-0.39, 0.29) is 0 Å². The zero-order chi connectivity index (χ0) is 13.7. The maximum absolute atomic E-state index is 6.03. The van der Waals surface area contributed by atoms with E-state index in [9.17, 15) is 0 Å². The molecule has 0 unspecified atom stereocenters. The van der Waals surface area contributed by atoms with Crippen molar-refractivity contribution in [3.05, 3.63) is 50.1 Å². The van der Waals surface area contributed by atoms with Crippen LogP contribution in [0.1, 0.15) is 22.9 Å². The third kappa shape index (κ3) is 3.81. The Bertz CT molecular complexity index is 539. The third-order valence-electron chi connectivity index (χ3n) is 2.90. The molecule has 19 heavy (non-hydrogen) atoms. The molecule has 2 rings (SSSR count). The summed E-state index contributed by atoms with van der Waals surface area (Å²) in [5, 5.41) is 5.42. The zero-order valence-electron chi connectivity index (χ0n) is 11.2. The molecule has 0 bridgehead atoms. The summed E-state index contributed by atoms with van der Waals surface area (Å²) in [6, 6.07) is 8.35. The van der Waals surface area contributed by atoms with Crippen molar-refractivity contribution in [2.75, 3.05) is 6.54 Å². The first-order chi connectivity index (χ1) is 9.22. The molecule has 1 aromatic heterocycles. The highest BCUT2D eigenvalue weighted by molar-refractivity contribution is 9.10. The summed E-state index contributed by atoms with van der Waals surface area (Å²) >= 11 is 5.25. The predicted octanol–water partition coefficient (Wildman–Crippen LogP) is 4.51. The van der Waals surface area contributed by atoms with Crippen LogP contribution in [0.25, 0.3) is 0 Å². The molecule has 0 spiro atoms. The van der Waals surface area contributed by atoms with Crippen molar-refractivity contribution in [2.45, 2.75) is 27.0 Å². The first-order valence-corrected chi connectivity index (χ1v) is 8.03. The normalized spacial score (nSPS) is 10.7. The lowest BCUT2D eigenvalue weighted by molar-refractivity contribution is 0.303. The number of rotatable bonds is 6. The quantitative estimate of drug-likeness (QED) is 0.836. The Kier molecular flexibility index (Phi) is 5.43. The maximum Gasteiger partial charge on any atom is 0.127 e. The minimum atomic E-state index is 0.613. The SMILES string of the molecule is CCNCc1cccc(C)c1OCc1sccc1Br. The van der Waals surface area contributed by atoms with Crippen molar-refractivity contribution in [3.8, 4) is 5.75 Å². The van der Waals surface area contributed by atoms with Gasteiger partial charge in [0.2, 0.25) is 0 Å². The number of benzene rings is 1. The summed E-state index contributed by atoms with van der Waals surface area (Å²) in [6.45, 7) is 6.62. The first-order valence-electron chi connectivity index (χ1n) is 6.36. The molecule has 0 aliphatic carbocycles. The predicted molar refractivity (Wildman–Crippen MR) is 84.9 cm³/mol. The van der Waals surface area contributed by atoms with Crippen LogP contribution < -0.4 is 10.1 Å². The van der Waals surface area contributed by atoms with E-state index < -0.39 is 0 Å². The van der Waals surface area contributed by atoms with Gasteiger partial charge >= 0.3 is 0 Å². The van der Waals surface area contributed by atoms with Crippen molar-refractivity contribution >= 4 is 27.3 Å². The smallest absolute Gasteiger partial charge is 0.127 e. The number of ether oxygens (including phenoxy) is 1. The molecular weight excluding hydrogens is 322 g/mol. The van der Waals surface area contributed by atoms with Gasteiger partial charge in [-0.25, -0.2) is 0 Å².